The van der Waals surface area contributed by atoms with Crippen molar-refractivity contribution in [3.8, 4) is 0 Å². The topological polar surface area (TPSA) is 30.5 Å². The molecule has 2 aromatic rings. The molecule has 4 rings (SSSR count). The predicted octanol–water partition coefficient (Wildman–Crippen LogP) is 7.69. The monoisotopic (exact) mass is 530 g/mol. The summed E-state index contributed by atoms with van der Waals surface area (Å²) >= 11 is 0. The molecule has 0 bridgehead atoms. The molecule has 2 aromatic carbocycles. The number of piperidine rings is 2. The van der Waals surface area contributed by atoms with Crippen LogP contribution in [0.25, 0.3) is 5.70 Å². The molecule has 210 valence electrons. The number of likely N-dealkylation sites (tertiary alicyclic amines) is 1. The minimum absolute atomic E-state index is 0.103. The number of allylic oxidation sites excluding steroid dienone is 1. The zero-order valence-electron chi connectivity index (χ0n) is 24.9. The second-order valence-electron chi connectivity index (χ2n) is 13.2. The number of anilines is 1. The summed E-state index contributed by atoms with van der Waals surface area (Å²) in [6.45, 7) is 27.1. The highest BCUT2D eigenvalue weighted by Gasteiger charge is 2.37. The maximum atomic E-state index is 15.7. The molecule has 4 nitrogen and oxygen atoms in total. The molecule has 39 heavy (non-hydrogen) atoms. The fraction of sp³-hybridized carbons (Fsp3) is 0.471. The van der Waals surface area contributed by atoms with E-state index in [0.717, 1.165) is 65.4 Å². The molecule has 2 saturated heterocycles. The lowest BCUT2D eigenvalue weighted by Crippen LogP contribution is -2.48. The van der Waals surface area contributed by atoms with Gasteiger partial charge in [0.05, 0.1) is 6.04 Å². The van der Waals surface area contributed by atoms with Gasteiger partial charge in [0.1, 0.15) is 5.82 Å². The number of likely N-dealkylation sites (N-methyl/N-ethyl adjacent to an activating group) is 1. The van der Waals surface area contributed by atoms with E-state index >= 15 is 4.39 Å². The van der Waals surface area contributed by atoms with Gasteiger partial charge in [0.15, 0.2) is 0 Å². The van der Waals surface area contributed by atoms with E-state index in [1.54, 1.807) is 0 Å². The summed E-state index contributed by atoms with van der Waals surface area (Å²) in [5.41, 5.74) is 7.98. The summed E-state index contributed by atoms with van der Waals surface area (Å²) in [5, 5.41) is 6.80. The van der Waals surface area contributed by atoms with Crippen molar-refractivity contribution >= 4 is 11.4 Å². The second-order valence-corrected chi connectivity index (χ2v) is 13.2. The highest BCUT2D eigenvalue weighted by Crippen LogP contribution is 2.40. The Balaban J connectivity index is 1.46. The SMILES string of the molecule is C=C1CCC(N(C)C(=C)c2cccc(NCc3cccc(CN4CC(C)(C)CC(C)(C)C4)c3F)c2C)C(=C)N1. The van der Waals surface area contributed by atoms with Gasteiger partial charge in [-0.15, -0.1) is 0 Å². The molecule has 1 unspecified atom stereocenters. The highest BCUT2D eigenvalue weighted by molar-refractivity contribution is 5.71. The van der Waals surface area contributed by atoms with Crippen molar-refractivity contribution in [2.75, 3.05) is 25.5 Å². The largest absolute Gasteiger partial charge is 0.381 e. The number of nitrogens with one attached hydrogen (secondary N) is 2. The molecule has 2 N–H and O–H groups in total. The van der Waals surface area contributed by atoms with Gasteiger partial charge in [-0.25, -0.2) is 4.39 Å². The van der Waals surface area contributed by atoms with Crippen molar-refractivity contribution in [3.63, 3.8) is 0 Å². The zero-order chi connectivity index (χ0) is 28.5. The Morgan fingerprint density at radius 2 is 1.72 bits per heavy atom. The second kappa shape index (κ2) is 11.2. The van der Waals surface area contributed by atoms with Crippen molar-refractivity contribution in [2.45, 2.75) is 73.0 Å². The standard InChI is InChI=1S/C34H47FN4/c1-23-16-17-31(25(3)37-23)38(9)26(4)29-14-11-15-30(24(29)2)36-18-27-12-10-13-28(32(27)35)19-39-21-33(5,6)20-34(7,8)22-39/h10-15,31,36-37H,1,3-4,16-22H2,2,5-9H3. The summed E-state index contributed by atoms with van der Waals surface area (Å²) in [5.74, 6) is -0.103. The summed E-state index contributed by atoms with van der Waals surface area (Å²) < 4.78 is 15.7. The third-order valence-electron chi connectivity index (χ3n) is 8.28. The van der Waals surface area contributed by atoms with Crippen LogP contribution in [0.15, 0.2) is 67.5 Å². The maximum absolute atomic E-state index is 15.7. The van der Waals surface area contributed by atoms with Gasteiger partial charge in [0, 0.05) is 72.7 Å². The quantitative estimate of drug-likeness (QED) is 0.366. The van der Waals surface area contributed by atoms with Gasteiger partial charge < -0.3 is 15.5 Å². The zero-order valence-corrected chi connectivity index (χ0v) is 24.9. The lowest BCUT2D eigenvalue weighted by molar-refractivity contribution is 0.0224. The van der Waals surface area contributed by atoms with Gasteiger partial charge in [-0.05, 0) is 48.6 Å². The molecule has 2 aliphatic heterocycles. The molecule has 0 aromatic heterocycles. The van der Waals surface area contributed by atoms with E-state index in [0.29, 0.717) is 18.7 Å². The molecule has 0 saturated carbocycles. The Labute approximate surface area is 235 Å². The van der Waals surface area contributed by atoms with E-state index in [2.05, 4.69) is 94.0 Å². The predicted molar refractivity (Wildman–Crippen MR) is 164 cm³/mol. The fourth-order valence-electron chi connectivity index (χ4n) is 6.91. The molecule has 2 aliphatic rings. The average molecular weight is 531 g/mol. The first-order valence-corrected chi connectivity index (χ1v) is 14.1. The minimum Gasteiger partial charge on any atom is -0.381 e. The lowest BCUT2D eigenvalue weighted by atomic mass is 9.71. The normalized spacial score (nSPS) is 20.8. The van der Waals surface area contributed by atoms with Crippen LogP contribution in [0.5, 0.6) is 0 Å². The summed E-state index contributed by atoms with van der Waals surface area (Å²) in [6.07, 6.45) is 3.06. The molecule has 0 spiro atoms. The molecule has 2 heterocycles. The lowest BCUT2D eigenvalue weighted by Gasteiger charge is -2.47. The molecule has 5 heteroatoms. The Morgan fingerprint density at radius 1 is 1.08 bits per heavy atom. The van der Waals surface area contributed by atoms with Crippen LogP contribution >= 0.6 is 0 Å². The van der Waals surface area contributed by atoms with E-state index in [1.807, 2.05) is 24.3 Å². The van der Waals surface area contributed by atoms with Crippen LogP contribution in [-0.4, -0.2) is 36.0 Å². The van der Waals surface area contributed by atoms with E-state index in [9.17, 15) is 0 Å². The number of halogens is 1. The van der Waals surface area contributed by atoms with Gasteiger partial charge >= 0.3 is 0 Å². The van der Waals surface area contributed by atoms with Crippen LogP contribution < -0.4 is 10.6 Å². The molecular formula is C34H47FN4. The first-order valence-electron chi connectivity index (χ1n) is 14.1. The van der Waals surface area contributed by atoms with Crippen LogP contribution in [0.4, 0.5) is 10.1 Å². The van der Waals surface area contributed by atoms with Gasteiger partial charge in [-0.2, -0.15) is 0 Å². The fourth-order valence-corrected chi connectivity index (χ4v) is 6.91. The van der Waals surface area contributed by atoms with Crippen LogP contribution in [0.2, 0.25) is 0 Å². The number of benzene rings is 2. The van der Waals surface area contributed by atoms with Gasteiger partial charge in [-0.1, -0.05) is 77.8 Å². The summed E-state index contributed by atoms with van der Waals surface area (Å²) in [4.78, 5) is 4.61. The van der Waals surface area contributed by atoms with Crippen molar-refractivity contribution in [3.05, 3.63) is 95.6 Å². The summed E-state index contributed by atoms with van der Waals surface area (Å²) in [6, 6.07) is 12.1. The molecule has 0 aliphatic carbocycles. The smallest absolute Gasteiger partial charge is 0.132 e. The average Bonchev–Trinajstić information content (AvgIpc) is 2.82. The molecule has 2 fully saturated rings. The highest BCUT2D eigenvalue weighted by atomic mass is 19.1. The Kier molecular flexibility index (Phi) is 8.32. The van der Waals surface area contributed by atoms with Crippen molar-refractivity contribution in [1.82, 2.24) is 15.1 Å². The molecule has 0 amide bonds. The van der Waals surface area contributed by atoms with Gasteiger partial charge in [0.25, 0.3) is 0 Å². The number of hydrogen-bond donors (Lipinski definition) is 2. The van der Waals surface area contributed by atoms with Crippen LogP contribution in [0, 0.1) is 23.6 Å². The Hall–Kier alpha value is -3.05. The maximum Gasteiger partial charge on any atom is 0.132 e. The van der Waals surface area contributed by atoms with E-state index in [-0.39, 0.29) is 22.7 Å². The van der Waals surface area contributed by atoms with Crippen LogP contribution in [0.1, 0.15) is 69.2 Å². The number of hydrogen-bond acceptors (Lipinski definition) is 4. The van der Waals surface area contributed by atoms with E-state index in [4.69, 9.17) is 0 Å². The number of nitrogens with zero attached hydrogens (tertiary/aromatic N) is 2. The van der Waals surface area contributed by atoms with Gasteiger partial charge in [-0.3, -0.25) is 4.90 Å². The van der Waals surface area contributed by atoms with Crippen molar-refractivity contribution < 1.29 is 4.39 Å². The van der Waals surface area contributed by atoms with E-state index in [1.165, 1.54) is 6.42 Å². The van der Waals surface area contributed by atoms with Gasteiger partial charge in [0.2, 0.25) is 0 Å². The number of rotatable bonds is 8. The first kappa shape index (κ1) is 28.9. The molecule has 0 radical (unpaired) electrons. The molecular weight excluding hydrogens is 483 g/mol. The van der Waals surface area contributed by atoms with Crippen LogP contribution in [0.3, 0.4) is 0 Å². The third-order valence-corrected chi connectivity index (χ3v) is 8.28. The Bertz CT molecular complexity index is 1240. The first-order chi connectivity index (χ1) is 18.3. The van der Waals surface area contributed by atoms with Crippen molar-refractivity contribution in [1.29, 1.82) is 0 Å². The summed E-state index contributed by atoms with van der Waals surface area (Å²) in [7, 11) is 2.07. The third kappa shape index (κ3) is 6.75. The molecule has 1 atom stereocenters. The minimum atomic E-state index is -0.103. The van der Waals surface area contributed by atoms with Crippen LogP contribution in [-0.2, 0) is 13.1 Å². The van der Waals surface area contributed by atoms with E-state index < -0.39 is 0 Å². The van der Waals surface area contributed by atoms with Crippen molar-refractivity contribution in [2.24, 2.45) is 10.8 Å². The Morgan fingerprint density at radius 3 is 2.38 bits per heavy atom.